The van der Waals surface area contributed by atoms with Crippen LogP contribution in [-0.4, -0.2) is 10.1 Å². The van der Waals surface area contributed by atoms with Crippen LogP contribution in [0.15, 0.2) is 12.0 Å². The Labute approximate surface area is 65.6 Å². The summed E-state index contributed by atoms with van der Waals surface area (Å²) in [6.07, 6.45) is 5.54. The number of rotatable bonds is 0. The van der Waals surface area contributed by atoms with Crippen LogP contribution in [0.1, 0.15) is 23.2 Å². The molecule has 0 bridgehead atoms. The van der Waals surface area contributed by atoms with E-state index in [9.17, 15) is 5.11 Å². The molecule has 0 spiro atoms. The van der Waals surface area contributed by atoms with Crippen molar-refractivity contribution in [2.45, 2.75) is 19.8 Å². The molecule has 2 N–H and O–H groups in total. The highest BCUT2D eigenvalue weighted by atomic mass is 16.3. The van der Waals surface area contributed by atoms with E-state index in [0.29, 0.717) is 5.76 Å². The lowest BCUT2D eigenvalue weighted by atomic mass is 10.0. The Bertz CT molecular complexity index is 309. The van der Waals surface area contributed by atoms with E-state index in [1.165, 1.54) is 16.8 Å². The number of nitrogens with one attached hydrogen (secondary N) is 1. The average Bonchev–Trinajstić information content (AvgIpc) is 2.33. The van der Waals surface area contributed by atoms with Crippen LogP contribution in [0, 0.1) is 6.92 Å². The number of hydrogen-bond donors (Lipinski definition) is 2. The topological polar surface area (TPSA) is 36.0 Å². The largest absolute Gasteiger partial charge is 0.512 e. The molecule has 0 amide bonds. The SMILES string of the molecule is Cc1c[nH]c2c1C=C(O)CC2. The molecule has 1 aliphatic carbocycles. The van der Waals surface area contributed by atoms with Crippen molar-refractivity contribution in [2.75, 3.05) is 0 Å². The maximum Gasteiger partial charge on any atom is 0.0933 e. The number of aromatic nitrogens is 1. The van der Waals surface area contributed by atoms with Crippen molar-refractivity contribution < 1.29 is 5.11 Å². The van der Waals surface area contributed by atoms with Gasteiger partial charge in [-0.25, -0.2) is 0 Å². The molecule has 1 heterocycles. The number of allylic oxidation sites excluding steroid dienone is 1. The lowest BCUT2D eigenvalue weighted by molar-refractivity contribution is 0.391. The van der Waals surface area contributed by atoms with Crippen molar-refractivity contribution in [3.05, 3.63) is 28.8 Å². The van der Waals surface area contributed by atoms with Gasteiger partial charge in [0.05, 0.1) is 5.76 Å². The third kappa shape index (κ3) is 0.946. The van der Waals surface area contributed by atoms with Crippen LogP contribution >= 0.6 is 0 Å². The average molecular weight is 149 g/mol. The van der Waals surface area contributed by atoms with Gasteiger partial charge in [-0.1, -0.05) is 0 Å². The van der Waals surface area contributed by atoms with Crippen molar-refractivity contribution >= 4 is 6.08 Å². The van der Waals surface area contributed by atoms with Gasteiger partial charge in [0, 0.05) is 23.9 Å². The first kappa shape index (κ1) is 6.53. The van der Waals surface area contributed by atoms with Crippen LogP contribution in [0.25, 0.3) is 6.08 Å². The number of aromatic amines is 1. The van der Waals surface area contributed by atoms with Gasteiger partial charge in [0.25, 0.3) is 0 Å². The summed E-state index contributed by atoms with van der Waals surface area (Å²) < 4.78 is 0. The molecule has 0 atom stereocenters. The molecule has 0 saturated carbocycles. The summed E-state index contributed by atoms with van der Waals surface area (Å²) in [5, 5.41) is 9.25. The van der Waals surface area contributed by atoms with Crippen molar-refractivity contribution in [3.63, 3.8) is 0 Å². The maximum absolute atomic E-state index is 9.25. The summed E-state index contributed by atoms with van der Waals surface area (Å²) in [6, 6.07) is 0. The molecule has 2 heteroatoms. The molecule has 58 valence electrons. The van der Waals surface area contributed by atoms with Crippen molar-refractivity contribution in [3.8, 4) is 0 Å². The number of H-pyrrole nitrogens is 1. The highest BCUT2D eigenvalue weighted by Gasteiger charge is 2.12. The van der Waals surface area contributed by atoms with Crippen LogP contribution in [0.3, 0.4) is 0 Å². The maximum atomic E-state index is 9.25. The molecule has 0 radical (unpaired) electrons. The van der Waals surface area contributed by atoms with E-state index < -0.39 is 0 Å². The van der Waals surface area contributed by atoms with Gasteiger partial charge >= 0.3 is 0 Å². The molecule has 0 unspecified atom stereocenters. The van der Waals surface area contributed by atoms with Crippen LogP contribution < -0.4 is 0 Å². The van der Waals surface area contributed by atoms with Gasteiger partial charge in [0.1, 0.15) is 0 Å². The van der Waals surface area contributed by atoms with Crippen LogP contribution in [0.2, 0.25) is 0 Å². The number of fused-ring (bicyclic) bond motifs is 1. The fraction of sp³-hybridized carbons (Fsp3) is 0.333. The van der Waals surface area contributed by atoms with Gasteiger partial charge in [-0.2, -0.15) is 0 Å². The van der Waals surface area contributed by atoms with Crippen molar-refractivity contribution in [2.24, 2.45) is 0 Å². The monoisotopic (exact) mass is 149 g/mol. The minimum Gasteiger partial charge on any atom is -0.512 e. The molecule has 0 aromatic carbocycles. The zero-order valence-electron chi connectivity index (χ0n) is 6.52. The Hall–Kier alpha value is -1.18. The van der Waals surface area contributed by atoms with Gasteiger partial charge < -0.3 is 10.1 Å². The van der Waals surface area contributed by atoms with Crippen LogP contribution in [-0.2, 0) is 6.42 Å². The number of aryl methyl sites for hydroxylation is 2. The Morgan fingerprint density at radius 3 is 3.09 bits per heavy atom. The van der Waals surface area contributed by atoms with Gasteiger partial charge in [-0.3, -0.25) is 0 Å². The molecule has 2 rings (SSSR count). The molecule has 1 aromatic heterocycles. The van der Waals surface area contributed by atoms with Gasteiger partial charge in [-0.05, 0) is 25.0 Å². The fourth-order valence-corrected chi connectivity index (χ4v) is 1.49. The fourth-order valence-electron chi connectivity index (χ4n) is 1.49. The van der Waals surface area contributed by atoms with E-state index in [1.54, 1.807) is 0 Å². The zero-order valence-corrected chi connectivity index (χ0v) is 6.52. The van der Waals surface area contributed by atoms with E-state index in [-0.39, 0.29) is 0 Å². The highest BCUT2D eigenvalue weighted by molar-refractivity contribution is 5.59. The quantitative estimate of drug-likeness (QED) is 0.582. The van der Waals surface area contributed by atoms with Crippen LogP contribution in [0.5, 0.6) is 0 Å². The summed E-state index contributed by atoms with van der Waals surface area (Å²) in [4.78, 5) is 3.19. The third-order valence-electron chi connectivity index (χ3n) is 2.15. The third-order valence-corrected chi connectivity index (χ3v) is 2.15. The van der Waals surface area contributed by atoms with E-state index in [2.05, 4.69) is 4.98 Å². The molecule has 0 aliphatic heterocycles. The van der Waals surface area contributed by atoms with Crippen LogP contribution in [0.4, 0.5) is 0 Å². The Morgan fingerprint density at radius 2 is 2.27 bits per heavy atom. The van der Waals surface area contributed by atoms with Crippen molar-refractivity contribution in [1.29, 1.82) is 0 Å². The van der Waals surface area contributed by atoms with Gasteiger partial charge in [0.2, 0.25) is 0 Å². The summed E-state index contributed by atoms with van der Waals surface area (Å²) in [5.74, 6) is 0.500. The molecule has 0 saturated heterocycles. The summed E-state index contributed by atoms with van der Waals surface area (Å²) >= 11 is 0. The second kappa shape index (κ2) is 2.16. The smallest absolute Gasteiger partial charge is 0.0933 e. The first-order valence-corrected chi connectivity index (χ1v) is 3.84. The molecular formula is C9H11NO. The van der Waals surface area contributed by atoms with E-state index >= 15 is 0 Å². The van der Waals surface area contributed by atoms with Gasteiger partial charge in [-0.15, -0.1) is 0 Å². The van der Waals surface area contributed by atoms with E-state index in [4.69, 9.17) is 0 Å². The molecule has 11 heavy (non-hydrogen) atoms. The molecule has 0 fully saturated rings. The predicted octanol–water partition coefficient (Wildman–Crippen LogP) is 2.17. The minimum atomic E-state index is 0.500. The lowest BCUT2D eigenvalue weighted by Crippen LogP contribution is -1.97. The first-order valence-electron chi connectivity index (χ1n) is 3.84. The number of hydrogen-bond acceptors (Lipinski definition) is 1. The molecular weight excluding hydrogens is 138 g/mol. The normalized spacial score (nSPS) is 15.9. The summed E-state index contributed by atoms with van der Waals surface area (Å²) in [6.45, 7) is 2.05. The number of aliphatic hydroxyl groups excluding tert-OH is 1. The first-order chi connectivity index (χ1) is 5.27. The second-order valence-electron chi connectivity index (χ2n) is 3.00. The van der Waals surface area contributed by atoms with Crippen molar-refractivity contribution in [1.82, 2.24) is 4.98 Å². The molecule has 1 aliphatic rings. The molecule has 1 aromatic rings. The molecule has 2 nitrogen and oxygen atoms in total. The zero-order chi connectivity index (χ0) is 7.84. The lowest BCUT2D eigenvalue weighted by Gasteiger charge is -2.08. The Kier molecular flexibility index (Phi) is 1.28. The highest BCUT2D eigenvalue weighted by Crippen LogP contribution is 2.24. The standard InChI is InChI=1S/C9H11NO/c1-6-5-10-9-3-2-7(11)4-8(6)9/h4-5,10-11H,2-3H2,1H3. The van der Waals surface area contributed by atoms with E-state index in [0.717, 1.165) is 12.8 Å². The number of aliphatic hydroxyl groups is 1. The minimum absolute atomic E-state index is 0.500. The van der Waals surface area contributed by atoms with E-state index in [1.807, 2.05) is 19.2 Å². The second-order valence-corrected chi connectivity index (χ2v) is 3.00. The van der Waals surface area contributed by atoms with Gasteiger partial charge in [0.15, 0.2) is 0 Å². The predicted molar refractivity (Wildman–Crippen MR) is 44.5 cm³/mol. The summed E-state index contributed by atoms with van der Waals surface area (Å²) in [5.41, 5.74) is 3.64. The summed E-state index contributed by atoms with van der Waals surface area (Å²) in [7, 11) is 0. The Morgan fingerprint density at radius 1 is 1.45 bits per heavy atom. The Balaban J connectivity index is 2.55.